The van der Waals surface area contributed by atoms with Gasteiger partial charge in [-0.1, -0.05) is 41.4 Å². The maximum Gasteiger partial charge on any atom is 0.416 e. The second-order valence-electron chi connectivity index (χ2n) is 9.81. The fourth-order valence-electron chi connectivity index (χ4n) is 6.22. The summed E-state index contributed by atoms with van der Waals surface area (Å²) in [6, 6.07) is 8.34. The molecule has 10 heteroatoms. The normalized spacial score (nSPS) is 29.9. The third-order valence-corrected chi connectivity index (χ3v) is 8.48. The highest BCUT2D eigenvalue weighted by Gasteiger charge is 2.67. The van der Waals surface area contributed by atoms with Crippen LogP contribution in [0.1, 0.15) is 22.3 Å². The number of anilines is 1. The maximum atomic E-state index is 13.6. The quantitative estimate of drug-likeness (QED) is 0.375. The zero-order valence-electron chi connectivity index (χ0n) is 18.6. The lowest BCUT2D eigenvalue weighted by Crippen LogP contribution is -2.45. The number of hydrogen-bond acceptors (Lipinski definition) is 3. The van der Waals surface area contributed by atoms with E-state index in [-0.39, 0.29) is 44.9 Å². The van der Waals surface area contributed by atoms with E-state index in [1.54, 1.807) is 0 Å². The van der Waals surface area contributed by atoms with Crippen molar-refractivity contribution in [3.63, 3.8) is 0 Å². The Morgan fingerprint density at radius 2 is 1.61 bits per heavy atom. The Hall–Kier alpha value is -2.84. The fourth-order valence-corrected chi connectivity index (χ4v) is 6.71. The molecule has 2 aromatic carbocycles. The van der Waals surface area contributed by atoms with Gasteiger partial charge in [0, 0.05) is 10.7 Å². The number of imide groups is 1. The van der Waals surface area contributed by atoms with Crippen molar-refractivity contribution in [1.29, 1.82) is 0 Å². The molecule has 1 aliphatic heterocycles. The predicted octanol–water partition coefficient (Wildman–Crippen LogP) is 5.67. The first-order valence-corrected chi connectivity index (χ1v) is 12.3. The van der Waals surface area contributed by atoms with Crippen molar-refractivity contribution >= 4 is 46.6 Å². The lowest BCUT2D eigenvalue weighted by atomic mass is 9.63. The van der Waals surface area contributed by atoms with E-state index in [4.69, 9.17) is 23.2 Å². The van der Waals surface area contributed by atoms with Gasteiger partial charge in [0.1, 0.15) is 6.67 Å². The highest BCUT2D eigenvalue weighted by molar-refractivity contribution is 6.37. The van der Waals surface area contributed by atoms with Crippen molar-refractivity contribution in [1.82, 2.24) is 4.90 Å². The van der Waals surface area contributed by atoms with Gasteiger partial charge in [0.2, 0.25) is 11.8 Å². The molecule has 2 bridgehead atoms. The van der Waals surface area contributed by atoms with E-state index in [2.05, 4.69) is 0 Å². The summed E-state index contributed by atoms with van der Waals surface area (Å²) in [7, 11) is 0. The lowest BCUT2D eigenvalue weighted by molar-refractivity contribution is -0.140. The van der Waals surface area contributed by atoms with Gasteiger partial charge >= 0.3 is 6.18 Å². The minimum atomic E-state index is -4.65. The molecule has 3 fully saturated rings. The number of rotatable bonds is 4. The van der Waals surface area contributed by atoms with Crippen LogP contribution in [0, 0.1) is 35.5 Å². The van der Waals surface area contributed by atoms with Crippen molar-refractivity contribution < 1.29 is 27.6 Å². The number of carbonyl (C=O) groups is 3. The zero-order chi connectivity index (χ0) is 25.5. The molecular weight excluding hydrogens is 516 g/mol. The van der Waals surface area contributed by atoms with E-state index in [0.717, 1.165) is 28.4 Å². The van der Waals surface area contributed by atoms with Crippen molar-refractivity contribution in [2.45, 2.75) is 12.6 Å². The average molecular weight is 535 g/mol. The molecule has 7 rings (SSSR count). The van der Waals surface area contributed by atoms with Crippen LogP contribution in [0.4, 0.5) is 18.9 Å². The number of allylic oxidation sites excluding steroid dienone is 2. The standard InChI is InChI=1S/C26H19Cl2F3N2O3/c27-13-4-5-17(20(28)9-13)23(34)32(14-3-1-2-12(8-14)26(29,30)31)11-33-24(35)21-15-6-7-16(19-10-18(15)19)22(21)25(33)36/h1-9,15-16,18-19,21-22H,10-11H2. The predicted molar refractivity (Wildman–Crippen MR) is 126 cm³/mol. The second kappa shape index (κ2) is 8.08. The molecule has 0 N–H and O–H groups in total. The Kier molecular flexibility index (Phi) is 5.29. The summed E-state index contributed by atoms with van der Waals surface area (Å²) in [5, 5.41) is 0.275. The van der Waals surface area contributed by atoms with Gasteiger partial charge in [0.05, 0.1) is 28.0 Å². The molecule has 5 aliphatic rings. The van der Waals surface area contributed by atoms with E-state index in [0.29, 0.717) is 11.8 Å². The maximum absolute atomic E-state index is 13.6. The third-order valence-electron chi connectivity index (χ3n) is 7.93. The minimum absolute atomic E-state index is 0.000414. The van der Waals surface area contributed by atoms with Crippen molar-refractivity contribution in [2.24, 2.45) is 35.5 Å². The van der Waals surface area contributed by atoms with Crippen molar-refractivity contribution in [2.75, 3.05) is 11.6 Å². The van der Waals surface area contributed by atoms with Gasteiger partial charge < -0.3 is 0 Å². The smallest absolute Gasteiger partial charge is 0.289 e. The largest absolute Gasteiger partial charge is 0.416 e. The summed E-state index contributed by atoms with van der Waals surface area (Å²) < 4.78 is 40.4. The van der Waals surface area contributed by atoms with Crippen molar-refractivity contribution in [3.05, 3.63) is 75.8 Å². The topological polar surface area (TPSA) is 57.7 Å². The second-order valence-corrected chi connectivity index (χ2v) is 10.6. The lowest BCUT2D eigenvalue weighted by Gasteiger charge is -2.37. The number of benzene rings is 2. The molecule has 4 aliphatic carbocycles. The Morgan fingerprint density at radius 3 is 2.19 bits per heavy atom. The fraction of sp³-hybridized carbons (Fsp3) is 0.346. The molecule has 2 saturated carbocycles. The molecule has 5 nitrogen and oxygen atoms in total. The van der Waals surface area contributed by atoms with E-state index >= 15 is 0 Å². The van der Waals surface area contributed by atoms with Gasteiger partial charge in [0.15, 0.2) is 0 Å². The summed E-state index contributed by atoms with van der Waals surface area (Å²) >= 11 is 12.2. The highest BCUT2D eigenvalue weighted by atomic mass is 35.5. The summed E-state index contributed by atoms with van der Waals surface area (Å²) in [5.74, 6) is -1.76. The van der Waals surface area contributed by atoms with Crippen LogP contribution in [-0.2, 0) is 15.8 Å². The first kappa shape index (κ1) is 23.6. The zero-order valence-corrected chi connectivity index (χ0v) is 20.1. The van der Waals surface area contributed by atoms with Gasteiger partial charge in [-0.2, -0.15) is 13.2 Å². The summed E-state index contributed by atoms with van der Waals surface area (Å²) in [4.78, 5) is 42.6. The molecule has 36 heavy (non-hydrogen) atoms. The molecule has 3 amide bonds. The van der Waals surface area contributed by atoms with E-state index in [9.17, 15) is 27.6 Å². The van der Waals surface area contributed by atoms with Crippen molar-refractivity contribution in [3.8, 4) is 0 Å². The Morgan fingerprint density at radius 1 is 0.972 bits per heavy atom. The number of carbonyl (C=O) groups excluding carboxylic acids is 3. The number of alkyl halides is 3. The number of amides is 3. The number of likely N-dealkylation sites (tertiary alicyclic amines) is 1. The van der Waals surface area contributed by atoms with Gasteiger partial charge in [-0.25, -0.2) is 0 Å². The third kappa shape index (κ3) is 3.57. The van der Waals surface area contributed by atoms with Gasteiger partial charge in [-0.05, 0) is 66.5 Å². The molecule has 1 heterocycles. The molecule has 0 radical (unpaired) electrons. The van der Waals surface area contributed by atoms with Gasteiger partial charge in [-0.3, -0.25) is 24.2 Å². The van der Waals surface area contributed by atoms with E-state index in [1.165, 1.54) is 30.3 Å². The minimum Gasteiger partial charge on any atom is -0.289 e. The van der Waals surface area contributed by atoms with Gasteiger partial charge in [0.25, 0.3) is 5.91 Å². The van der Waals surface area contributed by atoms with Crippen LogP contribution < -0.4 is 4.90 Å². The van der Waals surface area contributed by atoms with Gasteiger partial charge in [-0.15, -0.1) is 0 Å². The van der Waals surface area contributed by atoms with E-state index < -0.39 is 36.2 Å². The number of halogens is 5. The van der Waals surface area contributed by atoms with Crippen LogP contribution >= 0.6 is 23.2 Å². The summed E-state index contributed by atoms with van der Waals surface area (Å²) in [6.07, 6.45) is 0.401. The monoisotopic (exact) mass is 534 g/mol. The van der Waals surface area contributed by atoms with E-state index in [1.807, 2.05) is 12.2 Å². The van der Waals surface area contributed by atoms with Crippen LogP contribution in [0.2, 0.25) is 10.0 Å². The molecule has 6 unspecified atom stereocenters. The molecule has 1 saturated heterocycles. The molecular formula is C26H19Cl2F3N2O3. The Labute approximate surface area is 214 Å². The Bertz CT molecular complexity index is 1310. The summed E-state index contributed by atoms with van der Waals surface area (Å²) in [5.41, 5.74) is -1.09. The summed E-state index contributed by atoms with van der Waals surface area (Å²) in [6.45, 7) is -0.515. The first-order valence-electron chi connectivity index (χ1n) is 11.5. The van der Waals surface area contributed by atoms with Crippen LogP contribution in [0.5, 0.6) is 0 Å². The number of hydrogen-bond donors (Lipinski definition) is 0. The molecule has 6 atom stereocenters. The number of nitrogens with zero attached hydrogens (tertiary/aromatic N) is 2. The highest BCUT2D eigenvalue weighted by Crippen LogP contribution is 2.65. The molecule has 0 aromatic heterocycles. The SMILES string of the molecule is O=C1C2C3C=CC(C4CC34)C2C(=O)N1CN(C(=O)c1ccc(Cl)cc1Cl)c1cccc(C(F)(F)F)c1. The first-order chi connectivity index (χ1) is 17.1. The molecule has 0 spiro atoms. The average Bonchev–Trinajstić information content (AvgIpc) is 3.61. The Balaban J connectivity index is 1.38. The van der Waals surface area contributed by atoms with Crippen LogP contribution in [0.3, 0.4) is 0 Å². The molecule has 2 aromatic rings. The van der Waals surface area contributed by atoms with Crippen LogP contribution in [0.15, 0.2) is 54.6 Å². The van der Waals surface area contributed by atoms with Crippen LogP contribution in [-0.4, -0.2) is 29.3 Å². The molecule has 186 valence electrons. The van der Waals surface area contributed by atoms with Crippen LogP contribution in [0.25, 0.3) is 0 Å².